The summed E-state index contributed by atoms with van der Waals surface area (Å²) in [5, 5.41) is 0. The van der Waals surface area contributed by atoms with Crippen LogP contribution in [-0.4, -0.2) is 11.7 Å². The van der Waals surface area contributed by atoms with Crippen LogP contribution in [0.25, 0.3) is 0 Å². The minimum absolute atomic E-state index is 0. The second-order valence-corrected chi connectivity index (χ2v) is 2.99. The monoisotopic (exact) mass is 165 g/mol. The minimum atomic E-state index is 0. The van der Waals surface area contributed by atoms with Crippen LogP contribution in [0, 0.1) is 0 Å². The molecule has 0 radical (unpaired) electrons. The van der Waals surface area contributed by atoms with E-state index in [1.54, 1.807) is 6.20 Å². The maximum Gasteiger partial charge on any atom is 0.149 e. The first kappa shape index (κ1) is 8.71. The molecule has 1 rings (SSSR count). The van der Waals surface area contributed by atoms with Gasteiger partial charge in [-0.15, -0.1) is 0 Å². The molecule has 3 nitrogen and oxygen atoms in total. The van der Waals surface area contributed by atoms with Crippen LogP contribution >= 0.6 is 0 Å². The molecule has 0 unspecified atom stereocenters. The van der Waals surface area contributed by atoms with Gasteiger partial charge in [-0.25, -0.2) is 4.98 Å². The van der Waals surface area contributed by atoms with Crippen molar-refractivity contribution in [2.45, 2.75) is 19.8 Å². The van der Waals surface area contributed by atoms with Gasteiger partial charge in [-0.1, -0.05) is 13.8 Å². The van der Waals surface area contributed by atoms with Gasteiger partial charge in [-0.2, -0.15) is 0 Å². The highest BCUT2D eigenvalue weighted by Crippen LogP contribution is 2.23. The average molecular weight is 165 g/mol. The van der Waals surface area contributed by atoms with Gasteiger partial charge in [-0.3, -0.25) is 4.99 Å². The molecule has 0 bridgehead atoms. The molecule has 0 amide bonds. The lowest BCUT2D eigenvalue weighted by atomic mass is 10.1. The van der Waals surface area contributed by atoms with Crippen molar-refractivity contribution >= 4 is 18.2 Å². The number of rotatable bonds is 2. The van der Waals surface area contributed by atoms with Gasteiger partial charge in [-0.05, 0) is 24.3 Å². The van der Waals surface area contributed by atoms with Gasteiger partial charge in [0.25, 0.3) is 0 Å². The third-order valence-electron chi connectivity index (χ3n) is 1.76. The molecule has 0 fully saturated rings. The van der Waals surface area contributed by atoms with Gasteiger partial charge >= 0.3 is 0 Å². The van der Waals surface area contributed by atoms with E-state index in [4.69, 9.17) is 5.73 Å². The summed E-state index contributed by atoms with van der Waals surface area (Å²) in [5.41, 5.74) is 7.35. The SMILES string of the molecule is C=Nc1cc(C(C)C)cnc1N.[HH]. The highest BCUT2D eigenvalue weighted by atomic mass is 14.9. The lowest BCUT2D eigenvalue weighted by molar-refractivity contribution is 0.859. The first-order chi connectivity index (χ1) is 5.65. The normalized spacial score (nSPS) is 10.2. The van der Waals surface area contributed by atoms with Gasteiger partial charge in [0, 0.05) is 7.62 Å². The quantitative estimate of drug-likeness (QED) is 0.684. The average Bonchev–Trinajstić information content (AvgIpc) is 2.05. The predicted molar refractivity (Wildman–Crippen MR) is 54.1 cm³/mol. The summed E-state index contributed by atoms with van der Waals surface area (Å²) in [6.45, 7) is 7.62. The third kappa shape index (κ3) is 1.61. The van der Waals surface area contributed by atoms with Crippen molar-refractivity contribution in [3.63, 3.8) is 0 Å². The summed E-state index contributed by atoms with van der Waals surface area (Å²) in [7, 11) is 0. The molecule has 0 aliphatic heterocycles. The topological polar surface area (TPSA) is 51.3 Å². The third-order valence-corrected chi connectivity index (χ3v) is 1.76. The van der Waals surface area contributed by atoms with E-state index in [0.29, 0.717) is 17.4 Å². The molecule has 0 aliphatic rings. The van der Waals surface area contributed by atoms with Gasteiger partial charge in [0.15, 0.2) is 0 Å². The lowest BCUT2D eigenvalue weighted by Crippen LogP contribution is -1.94. The molecule has 0 saturated heterocycles. The Morgan fingerprint density at radius 3 is 2.83 bits per heavy atom. The van der Waals surface area contributed by atoms with Crippen molar-refractivity contribution in [2.75, 3.05) is 5.73 Å². The Morgan fingerprint density at radius 2 is 2.33 bits per heavy atom. The van der Waals surface area contributed by atoms with E-state index in [1.165, 1.54) is 0 Å². The fourth-order valence-electron chi connectivity index (χ4n) is 0.922. The standard InChI is InChI=1S/C9H13N3.H2/c1-6(2)7-4-8(11-3)9(10)12-5-7;/h4-6H,3H2,1-2H3,(H2,10,12);1H. The highest BCUT2D eigenvalue weighted by Gasteiger charge is 2.03. The zero-order chi connectivity index (χ0) is 9.14. The lowest BCUT2D eigenvalue weighted by Gasteiger charge is -2.06. The van der Waals surface area contributed by atoms with Gasteiger partial charge in [0.2, 0.25) is 0 Å². The van der Waals surface area contributed by atoms with Crippen molar-refractivity contribution < 1.29 is 1.43 Å². The summed E-state index contributed by atoms with van der Waals surface area (Å²) in [6.07, 6.45) is 1.77. The van der Waals surface area contributed by atoms with Crippen molar-refractivity contribution in [3.05, 3.63) is 17.8 Å². The number of nitrogen functional groups attached to an aromatic ring is 1. The Hall–Kier alpha value is -1.38. The summed E-state index contributed by atoms with van der Waals surface area (Å²) < 4.78 is 0. The summed E-state index contributed by atoms with van der Waals surface area (Å²) in [6, 6.07) is 1.92. The number of aromatic nitrogens is 1. The van der Waals surface area contributed by atoms with Crippen LogP contribution in [0.4, 0.5) is 11.5 Å². The van der Waals surface area contributed by atoms with Crippen molar-refractivity contribution in [1.29, 1.82) is 0 Å². The minimum Gasteiger partial charge on any atom is -0.382 e. The van der Waals surface area contributed by atoms with E-state index in [2.05, 4.69) is 30.5 Å². The Morgan fingerprint density at radius 1 is 1.67 bits per heavy atom. The first-order valence-corrected chi connectivity index (χ1v) is 3.87. The van der Waals surface area contributed by atoms with Gasteiger partial charge in [0.05, 0.1) is 0 Å². The van der Waals surface area contributed by atoms with Crippen molar-refractivity contribution in [2.24, 2.45) is 4.99 Å². The molecule has 0 spiro atoms. The Labute approximate surface area is 73.8 Å². The maximum atomic E-state index is 5.56. The molecule has 0 aromatic carbocycles. The number of nitrogens with zero attached hydrogens (tertiary/aromatic N) is 2. The number of anilines is 1. The van der Waals surface area contributed by atoms with Crippen LogP contribution in [0.1, 0.15) is 26.8 Å². The molecule has 66 valence electrons. The summed E-state index contributed by atoms with van der Waals surface area (Å²) in [4.78, 5) is 7.79. The van der Waals surface area contributed by atoms with E-state index in [9.17, 15) is 0 Å². The molecule has 3 heteroatoms. The molecule has 1 aromatic heterocycles. The molecule has 1 aromatic rings. The van der Waals surface area contributed by atoms with E-state index in [-0.39, 0.29) is 1.43 Å². The van der Waals surface area contributed by atoms with Gasteiger partial charge < -0.3 is 5.73 Å². The Balaban J connectivity index is 0.00000144. The van der Waals surface area contributed by atoms with Crippen LogP contribution < -0.4 is 5.73 Å². The number of nitrogens with two attached hydrogens (primary N) is 1. The molecular formula is C9H15N3. The van der Waals surface area contributed by atoms with Crippen molar-refractivity contribution in [1.82, 2.24) is 4.98 Å². The molecule has 0 aliphatic carbocycles. The number of hydrogen-bond donors (Lipinski definition) is 1. The second kappa shape index (κ2) is 3.34. The van der Waals surface area contributed by atoms with E-state index >= 15 is 0 Å². The zero-order valence-corrected chi connectivity index (χ0v) is 7.41. The van der Waals surface area contributed by atoms with Crippen molar-refractivity contribution in [3.8, 4) is 0 Å². The molecule has 0 atom stereocenters. The van der Waals surface area contributed by atoms with Crippen LogP contribution in [0.5, 0.6) is 0 Å². The van der Waals surface area contributed by atoms with Crippen LogP contribution in [0.15, 0.2) is 17.3 Å². The largest absolute Gasteiger partial charge is 0.382 e. The highest BCUT2D eigenvalue weighted by molar-refractivity contribution is 5.61. The zero-order valence-electron chi connectivity index (χ0n) is 7.41. The predicted octanol–water partition coefficient (Wildman–Crippen LogP) is 2.37. The van der Waals surface area contributed by atoms with Gasteiger partial charge in [0.1, 0.15) is 11.5 Å². The number of aliphatic imine (C=N–C) groups is 1. The molecule has 0 saturated carbocycles. The smallest absolute Gasteiger partial charge is 0.149 e. The fourth-order valence-corrected chi connectivity index (χ4v) is 0.922. The summed E-state index contributed by atoms with van der Waals surface area (Å²) in [5.74, 6) is 0.882. The first-order valence-electron chi connectivity index (χ1n) is 3.87. The molecular weight excluding hydrogens is 150 g/mol. The second-order valence-electron chi connectivity index (χ2n) is 2.99. The number of pyridine rings is 1. The Bertz CT molecular complexity index is 297. The molecule has 12 heavy (non-hydrogen) atoms. The van der Waals surface area contributed by atoms with E-state index in [0.717, 1.165) is 5.56 Å². The van der Waals surface area contributed by atoms with Crippen LogP contribution in [0.2, 0.25) is 0 Å². The van der Waals surface area contributed by atoms with E-state index in [1.807, 2.05) is 6.07 Å². The molecule has 1 heterocycles. The Kier molecular flexibility index (Phi) is 2.43. The fraction of sp³-hybridized carbons (Fsp3) is 0.333. The van der Waals surface area contributed by atoms with Crippen LogP contribution in [-0.2, 0) is 0 Å². The molecule has 2 N–H and O–H groups in total. The van der Waals surface area contributed by atoms with Crippen LogP contribution in [0.3, 0.4) is 0 Å². The number of hydrogen-bond acceptors (Lipinski definition) is 3. The maximum absolute atomic E-state index is 5.56. The van der Waals surface area contributed by atoms with E-state index < -0.39 is 0 Å². The summed E-state index contributed by atoms with van der Waals surface area (Å²) >= 11 is 0.